The number of hydrogen-bond acceptors (Lipinski definition) is 3. The highest BCUT2D eigenvalue weighted by atomic mass is 16.5. The maximum Gasteiger partial charge on any atom is 0.323 e. The van der Waals surface area contributed by atoms with Crippen molar-refractivity contribution in [3.05, 3.63) is 48.2 Å². The molecule has 3 N–H and O–H groups in total. The summed E-state index contributed by atoms with van der Waals surface area (Å²) in [6.45, 7) is 10.2. The van der Waals surface area contributed by atoms with Gasteiger partial charge in [0.2, 0.25) is 0 Å². The Bertz CT molecular complexity index is 685. The van der Waals surface area contributed by atoms with Gasteiger partial charge in [0, 0.05) is 28.4 Å². The second-order valence-corrected chi connectivity index (χ2v) is 6.01. The molecule has 0 fully saturated rings. The Hall–Kier alpha value is -2.07. The fraction of sp³-hybridized carbons (Fsp3) is 0.389. The van der Waals surface area contributed by atoms with Crippen LogP contribution in [0.4, 0.5) is 0 Å². The van der Waals surface area contributed by atoms with Gasteiger partial charge in [-0.1, -0.05) is 38.1 Å². The maximum absolute atomic E-state index is 11.9. The van der Waals surface area contributed by atoms with Crippen LogP contribution < -0.4 is 5.73 Å². The quantitative estimate of drug-likeness (QED) is 0.636. The number of esters is 1. The monoisotopic (exact) mass is 300 g/mol. The van der Waals surface area contributed by atoms with Crippen molar-refractivity contribution in [1.82, 2.24) is 4.98 Å². The van der Waals surface area contributed by atoms with Crippen LogP contribution in [0.15, 0.2) is 36.9 Å². The number of nitrogens with one attached hydrogen (secondary N) is 1. The number of carbonyl (C=O) groups excluding carboxylic acids is 1. The molecule has 4 nitrogen and oxygen atoms in total. The van der Waals surface area contributed by atoms with E-state index >= 15 is 0 Å². The molecule has 0 aliphatic rings. The van der Waals surface area contributed by atoms with Crippen LogP contribution >= 0.6 is 0 Å². The Labute approximate surface area is 131 Å². The molecule has 1 unspecified atom stereocenters. The second kappa shape index (κ2) is 6.36. The van der Waals surface area contributed by atoms with Gasteiger partial charge in [0.15, 0.2) is 0 Å². The zero-order chi connectivity index (χ0) is 16.3. The van der Waals surface area contributed by atoms with Crippen molar-refractivity contribution in [3.8, 4) is 0 Å². The molecule has 1 aromatic carbocycles. The van der Waals surface area contributed by atoms with Crippen LogP contribution in [0.3, 0.4) is 0 Å². The first-order valence-electron chi connectivity index (χ1n) is 7.56. The molecule has 1 heterocycles. The van der Waals surface area contributed by atoms with Gasteiger partial charge in [0.05, 0.1) is 6.61 Å². The molecule has 1 aromatic heterocycles. The van der Waals surface area contributed by atoms with Gasteiger partial charge in [-0.25, -0.2) is 0 Å². The van der Waals surface area contributed by atoms with Gasteiger partial charge in [-0.15, -0.1) is 6.58 Å². The lowest BCUT2D eigenvalue weighted by Gasteiger charge is -2.22. The second-order valence-electron chi connectivity index (χ2n) is 6.01. The highest BCUT2D eigenvalue weighted by Crippen LogP contribution is 2.33. The Morgan fingerprint density at radius 2 is 2.14 bits per heavy atom. The van der Waals surface area contributed by atoms with E-state index in [2.05, 4.69) is 25.4 Å². The lowest BCUT2D eigenvalue weighted by atomic mass is 9.85. The molecular formula is C18H24N2O2. The number of ether oxygens (including phenoxy) is 1. The maximum atomic E-state index is 11.9. The number of fused-ring (bicyclic) bond motifs is 1. The van der Waals surface area contributed by atoms with Gasteiger partial charge in [-0.05, 0) is 18.6 Å². The highest BCUT2D eigenvalue weighted by molar-refractivity contribution is 5.86. The summed E-state index contributed by atoms with van der Waals surface area (Å²) in [6.07, 6.45) is 2.34. The molecule has 0 aliphatic heterocycles. The molecule has 0 spiro atoms. The molecule has 22 heavy (non-hydrogen) atoms. The number of carbonyl (C=O) groups is 1. The number of aromatic nitrogens is 1. The van der Waals surface area contributed by atoms with E-state index in [1.54, 1.807) is 6.92 Å². The van der Waals surface area contributed by atoms with Crippen LogP contribution in [-0.2, 0) is 21.4 Å². The van der Waals surface area contributed by atoms with Gasteiger partial charge < -0.3 is 15.5 Å². The summed E-state index contributed by atoms with van der Waals surface area (Å²) in [5.41, 5.74) is 8.93. The van der Waals surface area contributed by atoms with Crippen LogP contribution in [0, 0.1) is 0 Å². The van der Waals surface area contributed by atoms with E-state index in [1.807, 2.05) is 30.3 Å². The molecule has 0 saturated carbocycles. The predicted octanol–water partition coefficient (Wildman–Crippen LogP) is 3.06. The molecule has 2 aromatic rings. The number of allylic oxidation sites excluding steroid dienone is 1. The SMILES string of the molecule is C=CC(C)(C)c1[nH]c2ccccc2c1CC(N)C(=O)OCC. The first kappa shape index (κ1) is 16.3. The summed E-state index contributed by atoms with van der Waals surface area (Å²) in [7, 11) is 0. The van der Waals surface area contributed by atoms with Crippen molar-refractivity contribution in [2.45, 2.75) is 38.6 Å². The van der Waals surface area contributed by atoms with E-state index < -0.39 is 6.04 Å². The van der Waals surface area contributed by atoms with Crippen molar-refractivity contribution in [3.63, 3.8) is 0 Å². The lowest BCUT2D eigenvalue weighted by molar-refractivity contribution is -0.144. The van der Waals surface area contributed by atoms with Crippen LogP contribution in [-0.4, -0.2) is 23.6 Å². The molecule has 118 valence electrons. The van der Waals surface area contributed by atoms with E-state index in [4.69, 9.17) is 10.5 Å². The first-order chi connectivity index (χ1) is 10.4. The molecule has 1 atom stereocenters. The minimum atomic E-state index is -0.668. The van der Waals surface area contributed by atoms with Crippen molar-refractivity contribution >= 4 is 16.9 Å². The summed E-state index contributed by atoms with van der Waals surface area (Å²) < 4.78 is 5.02. The third-order valence-corrected chi connectivity index (χ3v) is 3.98. The van der Waals surface area contributed by atoms with E-state index in [-0.39, 0.29) is 11.4 Å². The van der Waals surface area contributed by atoms with E-state index in [1.165, 1.54) is 0 Å². The van der Waals surface area contributed by atoms with Crippen molar-refractivity contribution < 1.29 is 9.53 Å². The zero-order valence-corrected chi connectivity index (χ0v) is 13.5. The third-order valence-electron chi connectivity index (χ3n) is 3.98. The fourth-order valence-corrected chi connectivity index (χ4v) is 2.62. The summed E-state index contributed by atoms with van der Waals surface area (Å²) in [4.78, 5) is 15.3. The summed E-state index contributed by atoms with van der Waals surface area (Å²) >= 11 is 0. The van der Waals surface area contributed by atoms with Crippen LogP contribution in [0.2, 0.25) is 0 Å². The van der Waals surface area contributed by atoms with Crippen LogP contribution in [0.25, 0.3) is 10.9 Å². The number of aromatic amines is 1. The van der Waals surface area contributed by atoms with Crippen LogP contribution in [0.5, 0.6) is 0 Å². The normalized spacial score (nSPS) is 13.1. The molecule has 0 radical (unpaired) electrons. The highest BCUT2D eigenvalue weighted by Gasteiger charge is 2.27. The Morgan fingerprint density at radius 3 is 2.77 bits per heavy atom. The molecule has 4 heteroatoms. The minimum Gasteiger partial charge on any atom is -0.465 e. The Kier molecular flexibility index (Phi) is 4.71. The number of rotatable bonds is 6. The smallest absolute Gasteiger partial charge is 0.323 e. The topological polar surface area (TPSA) is 68.1 Å². The van der Waals surface area contributed by atoms with Gasteiger partial charge in [-0.2, -0.15) is 0 Å². The summed E-state index contributed by atoms with van der Waals surface area (Å²) in [6, 6.07) is 7.37. The summed E-state index contributed by atoms with van der Waals surface area (Å²) in [5.74, 6) is -0.366. The minimum absolute atomic E-state index is 0.233. The zero-order valence-electron chi connectivity index (χ0n) is 13.5. The standard InChI is InChI=1S/C18H24N2O2/c1-5-18(3,4)16-13(11-14(19)17(21)22-6-2)12-9-7-8-10-15(12)20-16/h5,7-10,14,20H,1,6,11,19H2,2-4H3. The van der Waals surface area contributed by atoms with E-state index in [9.17, 15) is 4.79 Å². The van der Waals surface area contributed by atoms with E-state index in [0.717, 1.165) is 22.2 Å². The van der Waals surface area contributed by atoms with Crippen molar-refractivity contribution in [1.29, 1.82) is 0 Å². The third kappa shape index (κ3) is 3.07. The van der Waals surface area contributed by atoms with Crippen molar-refractivity contribution in [2.75, 3.05) is 6.61 Å². The largest absolute Gasteiger partial charge is 0.465 e. The average Bonchev–Trinajstić information content (AvgIpc) is 2.87. The van der Waals surface area contributed by atoms with E-state index in [0.29, 0.717) is 13.0 Å². The molecule has 0 saturated heterocycles. The van der Waals surface area contributed by atoms with Crippen LogP contribution in [0.1, 0.15) is 32.0 Å². The molecule has 0 bridgehead atoms. The van der Waals surface area contributed by atoms with Gasteiger partial charge >= 0.3 is 5.97 Å². The lowest BCUT2D eigenvalue weighted by Crippen LogP contribution is -2.35. The molecule has 0 aliphatic carbocycles. The molecular weight excluding hydrogens is 276 g/mol. The van der Waals surface area contributed by atoms with Gasteiger partial charge in [0.25, 0.3) is 0 Å². The van der Waals surface area contributed by atoms with Gasteiger partial charge in [-0.3, -0.25) is 4.79 Å². The first-order valence-corrected chi connectivity index (χ1v) is 7.56. The summed E-state index contributed by atoms with van der Waals surface area (Å²) in [5, 5.41) is 1.09. The number of nitrogens with two attached hydrogens (primary N) is 1. The Morgan fingerprint density at radius 1 is 1.45 bits per heavy atom. The fourth-order valence-electron chi connectivity index (χ4n) is 2.62. The number of hydrogen-bond donors (Lipinski definition) is 2. The molecule has 0 amide bonds. The number of H-pyrrole nitrogens is 1. The Balaban J connectivity index is 2.48. The van der Waals surface area contributed by atoms with Crippen molar-refractivity contribution in [2.24, 2.45) is 5.73 Å². The number of benzene rings is 1. The van der Waals surface area contributed by atoms with Gasteiger partial charge in [0.1, 0.15) is 6.04 Å². The average molecular weight is 300 g/mol. The molecule has 2 rings (SSSR count). The predicted molar refractivity (Wildman–Crippen MR) is 89.8 cm³/mol. The number of para-hydroxylation sites is 1.